The number of hydrogen-bond donors (Lipinski definition) is 2. The summed E-state index contributed by atoms with van der Waals surface area (Å²) in [6, 6.07) is 4.79. The predicted molar refractivity (Wildman–Crippen MR) is 88.2 cm³/mol. The first kappa shape index (κ1) is 18.5. The molecular weight excluding hydrogens is 351 g/mol. The van der Waals surface area contributed by atoms with Gasteiger partial charge in [-0.25, -0.2) is 19.0 Å². The summed E-state index contributed by atoms with van der Waals surface area (Å²) in [5.41, 5.74) is 0.591. The van der Waals surface area contributed by atoms with Crippen molar-refractivity contribution < 1.29 is 23.5 Å². The first-order valence-electron chi connectivity index (χ1n) is 7.02. The van der Waals surface area contributed by atoms with Gasteiger partial charge in [-0.2, -0.15) is 0 Å². The van der Waals surface area contributed by atoms with Crippen LogP contribution in [0.25, 0.3) is 5.69 Å². The zero-order chi connectivity index (χ0) is 18.4. The second-order valence-electron chi connectivity index (χ2n) is 4.65. The van der Waals surface area contributed by atoms with Gasteiger partial charge in [0.2, 0.25) is 0 Å². The number of imide groups is 1. The third-order valence-corrected chi connectivity index (χ3v) is 3.67. The Morgan fingerprint density at radius 1 is 1.28 bits per heavy atom. The lowest BCUT2D eigenvalue weighted by molar-refractivity contribution is -0.123. The zero-order valence-corrected chi connectivity index (χ0v) is 14.2. The number of amides is 3. The number of urea groups is 1. The van der Waals surface area contributed by atoms with E-state index in [1.54, 1.807) is 6.26 Å². The quantitative estimate of drug-likeness (QED) is 0.612. The van der Waals surface area contributed by atoms with Crippen LogP contribution in [-0.4, -0.2) is 47.4 Å². The molecule has 0 aliphatic carbocycles. The fraction of sp³-hybridized carbons (Fsp3) is 0.200. The Balaban J connectivity index is 2.17. The van der Waals surface area contributed by atoms with E-state index in [-0.39, 0.29) is 5.69 Å². The minimum atomic E-state index is -0.802. The molecule has 0 saturated carbocycles. The third-order valence-electron chi connectivity index (χ3n) is 3.02. The summed E-state index contributed by atoms with van der Waals surface area (Å²) in [6.07, 6.45) is 3.07. The van der Waals surface area contributed by atoms with Gasteiger partial charge in [-0.15, -0.1) is 0 Å². The average molecular weight is 366 g/mol. The first-order chi connectivity index (χ1) is 12.0. The van der Waals surface area contributed by atoms with E-state index in [2.05, 4.69) is 10.3 Å². The largest absolute Gasteiger partial charge is 0.451 e. The van der Waals surface area contributed by atoms with Crippen molar-refractivity contribution in [1.82, 2.24) is 20.2 Å². The molecule has 2 N–H and O–H groups in total. The molecule has 25 heavy (non-hydrogen) atoms. The molecule has 10 heteroatoms. The van der Waals surface area contributed by atoms with Crippen LogP contribution in [0.5, 0.6) is 0 Å². The van der Waals surface area contributed by atoms with Crippen molar-refractivity contribution in [2.24, 2.45) is 0 Å². The minimum absolute atomic E-state index is 0.0729. The summed E-state index contributed by atoms with van der Waals surface area (Å²) in [4.78, 5) is 38.9. The number of nitrogens with zero attached hydrogens (tertiary/aromatic N) is 2. The molecule has 0 saturated heterocycles. The van der Waals surface area contributed by atoms with Crippen molar-refractivity contribution >= 4 is 29.7 Å². The predicted octanol–water partition coefficient (Wildman–Crippen LogP) is 1.35. The van der Waals surface area contributed by atoms with Gasteiger partial charge in [-0.05, 0) is 30.5 Å². The summed E-state index contributed by atoms with van der Waals surface area (Å²) in [5, 5.41) is 4.67. The number of carbonyl (C=O) groups is 3. The maximum atomic E-state index is 13.1. The molecule has 2 aromatic rings. The molecule has 0 unspecified atom stereocenters. The number of aromatic nitrogens is 2. The highest BCUT2D eigenvalue weighted by Gasteiger charge is 2.20. The van der Waals surface area contributed by atoms with Gasteiger partial charge in [0.05, 0.1) is 6.20 Å². The lowest BCUT2D eigenvalue weighted by Gasteiger charge is -2.10. The van der Waals surface area contributed by atoms with Crippen LogP contribution in [0.3, 0.4) is 0 Å². The van der Waals surface area contributed by atoms with Crippen LogP contribution in [0.2, 0.25) is 0 Å². The molecule has 0 fully saturated rings. The number of esters is 1. The SMILES string of the molecule is CNC(=O)NC(=O)COC(=O)c1cnc(SC)n1-c1ccc(F)cc1. The number of carbonyl (C=O) groups excluding carboxylic acids is 3. The molecule has 1 heterocycles. The second-order valence-corrected chi connectivity index (χ2v) is 5.42. The molecule has 3 amide bonds. The summed E-state index contributed by atoms with van der Waals surface area (Å²) in [6.45, 7) is -0.630. The van der Waals surface area contributed by atoms with E-state index in [0.717, 1.165) is 0 Å². The highest BCUT2D eigenvalue weighted by molar-refractivity contribution is 7.98. The molecule has 0 atom stereocenters. The van der Waals surface area contributed by atoms with Gasteiger partial charge in [-0.1, -0.05) is 11.8 Å². The van der Waals surface area contributed by atoms with Crippen LogP contribution in [0.1, 0.15) is 10.5 Å². The molecule has 0 aliphatic heterocycles. The highest BCUT2D eigenvalue weighted by atomic mass is 32.2. The minimum Gasteiger partial charge on any atom is -0.451 e. The van der Waals surface area contributed by atoms with Crippen molar-refractivity contribution in [1.29, 1.82) is 0 Å². The number of thioether (sulfide) groups is 1. The van der Waals surface area contributed by atoms with Crippen LogP contribution in [0.15, 0.2) is 35.6 Å². The molecule has 0 bridgehead atoms. The van der Waals surface area contributed by atoms with Gasteiger partial charge in [0, 0.05) is 12.7 Å². The molecule has 1 aromatic carbocycles. The summed E-state index contributed by atoms with van der Waals surface area (Å²) in [5.74, 6) is -1.99. The summed E-state index contributed by atoms with van der Waals surface area (Å²) < 4.78 is 19.5. The number of hydrogen-bond acceptors (Lipinski definition) is 6. The van der Waals surface area contributed by atoms with Crippen LogP contribution in [-0.2, 0) is 9.53 Å². The first-order valence-corrected chi connectivity index (χ1v) is 8.25. The van der Waals surface area contributed by atoms with Gasteiger partial charge in [-0.3, -0.25) is 14.7 Å². The van der Waals surface area contributed by atoms with Crippen LogP contribution >= 0.6 is 11.8 Å². The van der Waals surface area contributed by atoms with E-state index in [4.69, 9.17) is 4.74 Å². The normalized spacial score (nSPS) is 10.2. The van der Waals surface area contributed by atoms with E-state index in [1.165, 1.54) is 53.8 Å². The van der Waals surface area contributed by atoms with Gasteiger partial charge >= 0.3 is 12.0 Å². The van der Waals surface area contributed by atoms with Gasteiger partial charge in [0.1, 0.15) is 5.82 Å². The Labute approximate surface area is 146 Å². The van der Waals surface area contributed by atoms with Crippen molar-refractivity contribution in [2.75, 3.05) is 19.9 Å². The molecule has 0 radical (unpaired) electrons. The van der Waals surface area contributed by atoms with Crippen molar-refractivity contribution in [3.63, 3.8) is 0 Å². The van der Waals surface area contributed by atoms with Gasteiger partial charge in [0.25, 0.3) is 5.91 Å². The van der Waals surface area contributed by atoms with E-state index in [0.29, 0.717) is 10.8 Å². The number of nitrogens with one attached hydrogen (secondary N) is 2. The van der Waals surface area contributed by atoms with E-state index >= 15 is 0 Å². The fourth-order valence-electron chi connectivity index (χ4n) is 1.89. The van der Waals surface area contributed by atoms with Gasteiger partial charge < -0.3 is 10.1 Å². The second kappa shape index (κ2) is 8.29. The molecule has 1 aromatic heterocycles. The Bertz CT molecular complexity index is 791. The monoisotopic (exact) mass is 366 g/mol. The summed E-state index contributed by atoms with van der Waals surface area (Å²) >= 11 is 1.29. The van der Waals surface area contributed by atoms with E-state index < -0.39 is 30.3 Å². The number of ether oxygens (including phenoxy) is 1. The molecule has 8 nitrogen and oxygen atoms in total. The average Bonchev–Trinajstić information content (AvgIpc) is 3.04. The van der Waals surface area contributed by atoms with Crippen molar-refractivity contribution in [3.05, 3.63) is 42.0 Å². The Morgan fingerprint density at radius 3 is 2.56 bits per heavy atom. The molecule has 0 spiro atoms. The Hall–Kier alpha value is -2.88. The summed E-state index contributed by atoms with van der Waals surface area (Å²) in [7, 11) is 1.35. The Morgan fingerprint density at radius 2 is 1.96 bits per heavy atom. The smallest absolute Gasteiger partial charge is 0.357 e. The van der Waals surface area contributed by atoms with Crippen molar-refractivity contribution in [2.45, 2.75) is 5.16 Å². The topological polar surface area (TPSA) is 102 Å². The fourth-order valence-corrected chi connectivity index (χ4v) is 2.44. The standard InChI is InChI=1S/C15H15FN4O4S/c1-17-14(23)19-12(21)8-24-13(22)11-7-18-15(25-2)20(11)10-5-3-9(16)4-6-10/h3-7H,8H2,1-2H3,(H2,17,19,21,23). The lowest BCUT2D eigenvalue weighted by Crippen LogP contribution is -2.39. The molecular formula is C15H15FN4O4S. The number of imidazole rings is 1. The maximum Gasteiger partial charge on any atom is 0.357 e. The number of rotatable bonds is 5. The zero-order valence-electron chi connectivity index (χ0n) is 13.4. The van der Waals surface area contributed by atoms with Crippen LogP contribution in [0, 0.1) is 5.82 Å². The Kier molecular flexibility index (Phi) is 6.12. The molecule has 132 valence electrons. The highest BCUT2D eigenvalue weighted by Crippen LogP contribution is 2.22. The number of halogens is 1. The van der Waals surface area contributed by atoms with Crippen LogP contribution < -0.4 is 10.6 Å². The van der Waals surface area contributed by atoms with Gasteiger partial charge in [0.15, 0.2) is 17.5 Å². The lowest BCUT2D eigenvalue weighted by atomic mass is 10.3. The van der Waals surface area contributed by atoms with Crippen LogP contribution in [0.4, 0.5) is 9.18 Å². The number of benzene rings is 1. The maximum absolute atomic E-state index is 13.1. The van der Waals surface area contributed by atoms with Crippen molar-refractivity contribution in [3.8, 4) is 5.69 Å². The van der Waals surface area contributed by atoms with E-state index in [9.17, 15) is 18.8 Å². The van der Waals surface area contributed by atoms with E-state index in [1.807, 2.05) is 5.32 Å². The molecule has 0 aliphatic rings. The third kappa shape index (κ3) is 4.57. The molecule has 2 rings (SSSR count).